The Morgan fingerprint density at radius 3 is 2.65 bits per heavy atom. The smallest absolute Gasteiger partial charge is 0.341 e. The number of carbonyl (C=O) groups is 1. The molecule has 6 nitrogen and oxygen atoms in total. The van der Waals surface area contributed by atoms with Crippen LogP contribution in [0.1, 0.15) is 37.7 Å². The van der Waals surface area contributed by atoms with E-state index in [1.54, 1.807) is 30.5 Å². The molecule has 3 N–H and O–H groups in total. The molecule has 1 saturated carbocycles. The van der Waals surface area contributed by atoms with Gasteiger partial charge in [-0.1, -0.05) is 19.3 Å². The van der Waals surface area contributed by atoms with E-state index in [2.05, 4.69) is 15.8 Å². The number of hydrogen-bond donors (Lipinski definition) is 3. The van der Waals surface area contributed by atoms with Crippen LogP contribution in [0, 0.1) is 0 Å². The van der Waals surface area contributed by atoms with Crippen molar-refractivity contribution >= 4 is 29.5 Å². The third-order valence-electron chi connectivity index (χ3n) is 3.56. The van der Waals surface area contributed by atoms with Crippen LogP contribution in [0.15, 0.2) is 29.4 Å². The van der Waals surface area contributed by atoms with Crippen LogP contribution in [0.2, 0.25) is 0 Å². The Balaban J connectivity index is 1.73. The predicted molar refractivity (Wildman–Crippen MR) is 92.9 cm³/mol. The van der Waals surface area contributed by atoms with Crippen LogP contribution >= 0.6 is 12.2 Å². The van der Waals surface area contributed by atoms with E-state index in [0.717, 1.165) is 18.4 Å². The van der Waals surface area contributed by atoms with Crippen molar-refractivity contribution in [3.05, 3.63) is 29.8 Å². The average Bonchev–Trinajstić information content (AvgIpc) is 2.55. The van der Waals surface area contributed by atoms with Gasteiger partial charge < -0.3 is 15.2 Å². The minimum absolute atomic E-state index is 0.351. The fraction of sp³-hybridized carbons (Fsp3) is 0.438. The molecule has 0 bridgehead atoms. The topological polar surface area (TPSA) is 83.0 Å². The van der Waals surface area contributed by atoms with Crippen molar-refractivity contribution in [2.24, 2.45) is 5.10 Å². The Kier molecular flexibility index (Phi) is 6.80. The molecule has 1 aliphatic rings. The fourth-order valence-electron chi connectivity index (χ4n) is 2.43. The molecule has 0 heterocycles. The number of hydrazone groups is 1. The van der Waals surface area contributed by atoms with E-state index >= 15 is 0 Å². The molecule has 0 radical (unpaired) electrons. The second-order valence-corrected chi connectivity index (χ2v) is 5.84. The number of aliphatic carboxylic acids is 1. The molecule has 0 spiro atoms. The lowest BCUT2D eigenvalue weighted by molar-refractivity contribution is -0.139. The van der Waals surface area contributed by atoms with Crippen molar-refractivity contribution in [2.45, 2.75) is 38.1 Å². The van der Waals surface area contributed by atoms with Crippen molar-refractivity contribution in [2.75, 3.05) is 6.61 Å². The van der Waals surface area contributed by atoms with Crippen molar-refractivity contribution in [3.63, 3.8) is 0 Å². The van der Waals surface area contributed by atoms with Gasteiger partial charge in [-0.25, -0.2) is 4.79 Å². The quantitative estimate of drug-likeness (QED) is 0.420. The van der Waals surface area contributed by atoms with Crippen LogP contribution in [0.5, 0.6) is 5.75 Å². The number of nitrogens with one attached hydrogen (secondary N) is 2. The standard InChI is InChI=1S/C16H21N3O3S/c20-15(21)11-22-14-8-6-12(7-9-14)10-17-19-16(23)18-13-4-2-1-3-5-13/h6-10,13H,1-5,11H2,(H,20,21)(H2,18,19,23). The number of carboxylic acid groups (broad SMARTS) is 1. The summed E-state index contributed by atoms with van der Waals surface area (Å²) in [5.41, 5.74) is 3.68. The maximum atomic E-state index is 10.4. The maximum absolute atomic E-state index is 10.4. The molecule has 0 aromatic heterocycles. The van der Waals surface area contributed by atoms with E-state index in [4.69, 9.17) is 22.1 Å². The second kappa shape index (κ2) is 9.09. The fourth-order valence-corrected chi connectivity index (χ4v) is 2.64. The largest absolute Gasteiger partial charge is 0.482 e. The van der Waals surface area contributed by atoms with Gasteiger partial charge in [0, 0.05) is 6.04 Å². The Bertz CT molecular complexity index is 554. The highest BCUT2D eigenvalue weighted by molar-refractivity contribution is 7.80. The molecule has 7 heteroatoms. The summed E-state index contributed by atoms with van der Waals surface area (Å²) in [5.74, 6) is -0.495. The highest BCUT2D eigenvalue weighted by Crippen LogP contribution is 2.17. The first-order valence-electron chi connectivity index (χ1n) is 7.68. The van der Waals surface area contributed by atoms with E-state index in [9.17, 15) is 4.79 Å². The summed E-state index contributed by atoms with van der Waals surface area (Å²) in [6.07, 6.45) is 7.77. The first-order chi connectivity index (χ1) is 11.1. The molecule has 0 aliphatic heterocycles. The van der Waals surface area contributed by atoms with Crippen molar-refractivity contribution in [1.29, 1.82) is 0 Å². The Morgan fingerprint density at radius 1 is 1.30 bits per heavy atom. The normalized spacial score (nSPS) is 15.3. The minimum Gasteiger partial charge on any atom is -0.482 e. The number of benzene rings is 1. The molecule has 1 aromatic rings. The molecule has 0 amide bonds. The lowest BCUT2D eigenvalue weighted by Gasteiger charge is -2.23. The zero-order valence-electron chi connectivity index (χ0n) is 12.8. The molecule has 1 aliphatic carbocycles. The van der Waals surface area contributed by atoms with Gasteiger partial charge >= 0.3 is 5.97 Å². The van der Waals surface area contributed by atoms with E-state index in [0.29, 0.717) is 16.9 Å². The molecule has 1 aromatic carbocycles. The third-order valence-corrected chi connectivity index (χ3v) is 3.77. The molecular formula is C16H21N3O3S. The first kappa shape index (κ1) is 17.2. The lowest BCUT2D eigenvalue weighted by Crippen LogP contribution is -2.40. The molecular weight excluding hydrogens is 314 g/mol. The van der Waals surface area contributed by atoms with Gasteiger partial charge in [0.05, 0.1) is 6.21 Å². The second-order valence-electron chi connectivity index (χ2n) is 5.43. The third kappa shape index (κ3) is 6.65. The van der Waals surface area contributed by atoms with Gasteiger partial charge in [0.15, 0.2) is 11.7 Å². The van der Waals surface area contributed by atoms with E-state index in [1.165, 1.54) is 19.3 Å². The van der Waals surface area contributed by atoms with E-state index in [-0.39, 0.29) is 6.61 Å². The molecule has 0 atom stereocenters. The van der Waals surface area contributed by atoms with Crippen molar-refractivity contribution in [3.8, 4) is 5.75 Å². The zero-order chi connectivity index (χ0) is 16.5. The molecule has 0 saturated heterocycles. The van der Waals surface area contributed by atoms with Crippen LogP contribution in [0.25, 0.3) is 0 Å². The first-order valence-corrected chi connectivity index (χ1v) is 8.08. The number of nitrogens with zero attached hydrogens (tertiary/aromatic N) is 1. The summed E-state index contributed by atoms with van der Waals surface area (Å²) < 4.78 is 5.06. The Hall–Kier alpha value is -2.15. The molecule has 1 fully saturated rings. The summed E-state index contributed by atoms with van der Waals surface area (Å²) in [5, 5.41) is 16.4. The highest BCUT2D eigenvalue weighted by Gasteiger charge is 2.13. The van der Waals surface area contributed by atoms with Gasteiger partial charge in [-0.05, 0) is 54.9 Å². The summed E-state index contributed by atoms with van der Waals surface area (Å²) >= 11 is 5.22. The Morgan fingerprint density at radius 2 is 2.00 bits per heavy atom. The summed E-state index contributed by atoms with van der Waals surface area (Å²) in [7, 11) is 0. The van der Waals surface area contributed by atoms with Gasteiger partial charge in [0.2, 0.25) is 0 Å². The maximum Gasteiger partial charge on any atom is 0.341 e. The molecule has 124 valence electrons. The van der Waals surface area contributed by atoms with Gasteiger partial charge in [0.1, 0.15) is 5.75 Å². The minimum atomic E-state index is -1.00. The lowest BCUT2D eigenvalue weighted by atomic mass is 9.96. The molecule has 0 unspecified atom stereocenters. The van der Waals surface area contributed by atoms with Crippen LogP contribution in [0.4, 0.5) is 0 Å². The number of hydrogen-bond acceptors (Lipinski definition) is 4. The van der Waals surface area contributed by atoms with Gasteiger partial charge in [0.25, 0.3) is 0 Å². The van der Waals surface area contributed by atoms with E-state index in [1.807, 2.05) is 0 Å². The predicted octanol–water partition coefficient (Wildman–Crippen LogP) is 2.28. The van der Waals surface area contributed by atoms with Crippen LogP contribution in [-0.2, 0) is 4.79 Å². The monoisotopic (exact) mass is 335 g/mol. The SMILES string of the molecule is O=C(O)COc1ccc(C=NNC(=S)NC2CCCCC2)cc1. The average molecular weight is 335 g/mol. The summed E-state index contributed by atoms with van der Waals surface area (Å²) in [6, 6.07) is 7.43. The van der Waals surface area contributed by atoms with Crippen LogP contribution in [-0.4, -0.2) is 35.1 Å². The van der Waals surface area contributed by atoms with Gasteiger partial charge in [-0.2, -0.15) is 5.10 Å². The number of carboxylic acids is 1. The molecule has 23 heavy (non-hydrogen) atoms. The van der Waals surface area contributed by atoms with Crippen LogP contribution in [0.3, 0.4) is 0 Å². The number of ether oxygens (including phenoxy) is 1. The van der Waals surface area contributed by atoms with Crippen molar-refractivity contribution < 1.29 is 14.6 Å². The zero-order valence-corrected chi connectivity index (χ0v) is 13.6. The van der Waals surface area contributed by atoms with Crippen LogP contribution < -0.4 is 15.5 Å². The van der Waals surface area contributed by atoms with Gasteiger partial charge in [-0.15, -0.1) is 0 Å². The number of thiocarbonyl (C=S) groups is 1. The molecule has 2 rings (SSSR count). The van der Waals surface area contributed by atoms with Gasteiger partial charge in [-0.3, -0.25) is 5.43 Å². The summed E-state index contributed by atoms with van der Waals surface area (Å²) in [4.78, 5) is 10.4. The Labute approximate surface area is 140 Å². The summed E-state index contributed by atoms with van der Waals surface area (Å²) in [6.45, 7) is -0.351. The highest BCUT2D eigenvalue weighted by atomic mass is 32.1. The number of rotatable bonds is 6. The van der Waals surface area contributed by atoms with Crippen molar-refractivity contribution in [1.82, 2.24) is 10.7 Å². The van der Waals surface area contributed by atoms with E-state index < -0.39 is 5.97 Å².